The molecule has 1 fully saturated rings. The Hall–Kier alpha value is -3.09. The molecule has 182 valence electrons. The van der Waals surface area contributed by atoms with Crippen LogP contribution in [0, 0.1) is 17.2 Å². The van der Waals surface area contributed by atoms with Crippen LogP contribution in [0.5, 0.6) is 5.75 Å². The van der Waals surface area contributed by atoms with E-state index in [1.165, 1.54) is 6.07 Å². The third kappa shape index (κ3) is 5.34. The number of aromatic nitrogens is 2. The van der Waals surface area contributed by atoms with Crippen molar-refractivity contribution in [1.29, 1.82) is 0 Å². The molecule has 2 atom stereocenters. The number of carbonyl (C=O) groups is 1. The minimum Gasteiger partial charge on any atom is -0.491 e. The van der Waals surface area contributed by atoms with Crippen LogP contribution >= 0.6 is 0 Å². The van der Waals surface area contributed by atoms with E-state index in [1.54, 1.807) is 6.07 Å². The van der Waals surface area contributed by atoms with Crippen LogP contribution in [0.25, 0.3) is 11.0 Å². The number of imidazole rings is 1. The molecule has 2 aromatic carbocycles. The first-order chi connectivity index (χ1) is 16.0. The molecule has 1 aromatic heterocycles. The summed E-state index contributed by atoms with van der Waals surface area (Å²) in [4.78, 5) is 16.0. The van der Waals surface area contributed by atoms with E-state index in [2.05, 4.69) is 30.7 Å². The van der Waals surface area contributed by atoms with Gasteiger partial charge in [0.2, 0.25) is 5.95 Å². The van der Waals surface area contributed by atoms with E-state index >= 15 is 0 Å². The average Bonchev–Trinajstić information content (AvgIpc) is 3.04. The monoisotopic (exact) mass is 467 g/mol. The molecule has 7 heteroatoms. The molecule has 1 heterocycles. The second-order valence-electron chi connectivity index (χ2n) is 10.7. The summed E-state index contributed by atoms with van der Waals surface area (Å²) in [6.07, 6.45) is 2.80. The highest BCUT2D eigenvalue weighted by atomic mass is 19.1. The molecule has 4 rings (SSSR count). The second-order valence-corrected chi connectivity index (χ2v) is 10.7. The van der Waals surface area contributed by atoms with Gasteiger partial charge in [0, 0.05) is 23.4 Å². The number of hydrogen-bond acceptors (Lipinski definition) is 4. The van der Waals surface area contributed by atoms with Gasteiger partial charge in [0.1, 0.15) is 11.6 Å². The molecule has 0 saturated heterocycles. The van der Waals surface area contributed by atoms with Gasteiger partial charge in [0.15, 0.2) is 0 Å². The van der Waals surface area contributed by atoms with Crippen LogP contribution in [-0.4, -0.2) is 26.7 Å². The first-order valence-corrected chi connectivity index (χ1v) is 12.0. The molecule has 0 spiro atoms. The third-order valence-corrected chi connectivity index (χ3v) is 6.41. The van der Waals surface area contributed by atoms with E-state index < -0.39 is 11.8 Å². The van der Waals surface area contributed by atoms with Gasteiger partial charge in [-0.1, -0.05) is 20.8 Å². The molecule has 6 nitrogen and oxygen atoms in total. The molecule has 1 aliphatic carbocycles. The van der Waals surface area contributed by atoms with Gasteiger partial charge >= 0.3 is 5.97 Å². The topological polar surface area (TPSA) is 76.4 Å². The Bertz CT molecular complexity index is 1180. The number of carboxylic acid groups (broad SMARTS) is 1. The number of rotatable bonds is 7. The summed E-state index contributed by atoms with van der Waals surface area (Å²) in [6, 6.07) is 10.8. The minimum absolute atomic E-state index is 0.0922. The van der Waals surface area contributed by atoms with Crippen molar-refractivity contribution >= 4 is 28.6 Å². The molecule has 3 aromatic rings. The van der Waals surface area contributed by atoms with Crippen molar-refractivity contribution in [1.82, 2.24) is 9.55 Å². The zero-order chi connectivity index (χ0) is 24.6. The van der Waals surface area contributed by atoms with E-state index in [-0.39, 0.29) is 29.5 Å². The second kappa shape index (κ2) is 9.28. The SMILES string of the molecule is CC(C)Oc1ccc(Nc2nc3cc(CC(=O)O)c(F)cc3n2[C@@H]2C[C@H](C)CC(C)(C)C2)cc1. The van der Waals surface area contributed by atoms with Crippen LogP contribution in [-0.2, 0) is 11.2 Å². The van der Waals surface area contributed by atoms with Gasteiger partial charge in [0.05, 0.1) is 23.6 Å². The zero-order valence-corrected chi connectivity index (χ0v) is 20.6. The molecule has 0 amide bonds. The summed E-state index contributed by atoms with van der Waals surface area (Å²) in [6.45, 7) is 10.8. The van der Waals surface area contributed by atoms with E-state index in [0.29, 0.717) is 22.9 Å². The van der Waals surface area contributed by atoms with Crippen molar-refractivity contribution < 1.29 is 19.0 Å². The standard InChI is InChI=1S/C27H34FN3O3/c1-16(2)34-21-8-6-19(7-9-21)29-26-30-23-11-18(12-25(32)33)22(28)13-24(23)31(26)20-10-17(3)14-27(4,5)15-20/h6-9,11,13,16-17,20H,10,12,14-15H2,1-5H3,(H,29,30)(H,32,33)/t17-,20+/m0/s1. The Balaban J connectivity index is 1.77. The number of halogens is 1. The maximum Gasteiger partial charge on any atom is 0.307 e. The van der Waals surface area contributed by atoms with Crippen molar-refractivity contribution in [3.63, 3.8) is 0 Å². The number of anilines is 2. The van der Waals surface area contributed by atoms with Gasteiger partial charge in [-0.2, -0.15) is 0 Å². The number of carboxylic acids is 1. The fraction of sp³-hybridized carbons (Fsp3) is 0.481. The van der Waals surface area contributed by atoms with Crippen LogP contribution in [0.2, 0.25) is 0 Å². The minimum atomic E-state index is -1.07. The van der Waals surface area contributed by atoms with E-state index in [4.69, 9.17) is 9.72 Å². The molecule has 0 radical (unpaired) electrons. The lowest BCUT2D eigenvalue weighted by atomic mass is 9.70. The predicted octanol–water partition coefficient (Wildman–Crippen LogP) is 6.72. The Morgan fingerprint density at radius 2 is 1.97 bits per heavy atom. The lowest BCUT2D eigenvalue weighted by Gasteiger charge is -2.40. The van der Waals surface area contributed by atoms with Crippen LogP contribution in [0.15, 0.2) is 36.4 Å². The molecule has 0 unspecified atom stereocenters. The van der Waals surface area contributed by atoms with Crippen molar-refractivity contribution in [2.75, 3.05) is 5.32 Å². The van der Waals surface area contributed by atoms with Crippen LogP contribution in [0.3, 0.4) is 0 Å². The van der Waals surface area contributed by atoms with Gasteiger partial charge in [-0.3, -0.25) is 4.79 Å². The lowest BCUT2D eigenvalue weighted by Crippen LogP contribution is -2.29. The maximum atomic E-state index is 14.9. The van der Waals surface area contributed by atoms with Crippen LogP contribution < -0.4 is 10.1 Å². The number of fused-ring (bicyclic) bond motifs is 1. The van der Waals surface area contributed by atoms with Crippen molar-refractivity contribution in [3.05, 3.63) is 47.8 Å². The molecule has 1 aliphatic rings. The number of nitrogens with zero attached hydrogens (tertiary/aromatic N) is 2. The Labute approximate surface area is 200 Å². The fourth-order valence-corrected chi connectivity index (χ4v) is 5.43. The Morgan fingerprint density at radius 1 is 1.26 bits per heavy atom. The van der Waals surface area contributed by atoms with E-state index in [0.717, 1.165) is 30.7 Å². The predicted molar refractivity (Wildman–Crippen MR) is 132 cm³/mol. The normalized spacial score (nSPS) is 20.0. The number of aliphatic carboxylic acids is 1. The quantitative estimate of drug-likeness (QED) is 0.403. The first-order valence-electron chi connectivity index (χ1n) is 12.0. The van der Waals surface area contributed by atoms with Gasteiger partial charge in [-0.05, 0) is 74.8 Å². The molecular weight excluding hydrogens is 433 g/mol. The van der Waals surface area contributed by atoms with Gasteiger partial charge < -0.3 is 19.7 Å². The smallest absolute Gasteiger partial charge is 0.307 e. The van der Waals surface area contributed by atoms with Crippen molar-refractivity contribution in [2.45, 2.75) is 72.4 Å². The number of hydrogen-bond donors (Lipinski definition) is 2. The molecule has 34 heavy (non-hydrogen) atoms. The third-order valence-electron chi connectivity index (χ3n) is 6.41. The number of ether oxygens (including phenoxy) is 1. The van der Waals surface area contributed by atoms with Crippen molar-refractivity contribution in [2.24, 2.45) is 11.3 Å². The first kappa shape index (κ1) is 24.0. The summed E-state index contributed by atoms with van der Waals surface area (Å²) >= 11 is 0. The highest BCUT2D eigenvalue weighted by molar-refractivity contribution is 5.82. The summed E-state index contributed by atoms with van der Waals surface area (Å²) in [5.41, 5.74) is 2.43. The molecular formula is C27H34FN3O3. The molecule has 2 N–H and O–H groups in total. The molecule has 0 aliphatic heterocycles. The summed E-state index contributed by atoms with van der Waals surface area (Å²) in [5.74, 6) is 0.373. The van der Waals surface area contributed by atoms with Crippen LogP contribution in [0.4, 0.5) is 16.0 Å². The summed E-state index contributed by atoms with van der Waals surface area (Å²) in [5, 5.41) is 12.6. The van der Waals surface area contributed by atoms with Gasteiger partial charge in [0.25, 0.3) is 0 Å². The highest BCUT2D eigenvalue weighted by Gasteiger charge is 2.35. The summed E-state index contributed by atoms with van der Waals surface area (Å²) < 4.78 is 22.8. The average molecular weight is 468 g/mol. The summed E-state index contributed by atoms with van der Waals surface area (Å²) in [7, 11) is 0. The zero-order valence-electron chi connectivity index (χ0n) is 20.6. The van der Waals surface area contributed by atoms with Crippen molar-refractivity contribution in [3.8, 4) is 5.75 Å². The number of nitrogens with one attached hydrogen (secondary N) is 1. The van der Waals surface area contributed by atoms with Crippen LogP contribution in [0.1, 0.15) is 65.5 Å². The number of benzene rings is 2. The Kier molecular flexibility index (Phi) is 6.56. The Morgan fingerprint density at radius 3 is 2.59 bits per heavy atom. The lowest BCUT2D eigenvalue weighted by molar-refractivity contribution is -0.136. The van der Waals surface area contributed by atoms with Gasteiger partial charge in [-0.15, -0.1) is 0 Å². The van der Waals surface area contributed by atoms with E-state index in [9.17, 15) is 14.3 Å². The maximum absolute atomic E-state index is 14.9. The van der Waals surface area contributed by atoms with E-state index in [1.807, 2.05) is 38.1 Å². The van der Waals surface area contributed by atoms with Gasteiger partial charge in [-0.25, -0.2) is 9.37 Å². The highest BCUT2D eigenvalue weighted by Crippen LogP contribution is 2.46. The largest absolute Gasteiger partial charge is 0.491 e. The fourth-order valence-electron chi connectivity index (χ4n) is 5.43. The molecule has 1 saturated carbocycles. The molecule has 0 bridgehead atoms.